The number of hydrogen-bond acceptors (Lipinski definition) is 7. The van der Waals surface area contributed by atoms with E-state index in [2.05, 4.69) is 15.3 Å². The van der Waals surface area contributed by atoms with Crippen LogP contribution in [0.2, 0.25) is 0 Å². The highest BCUT2D eigenvalue weighted by Gasteiger charge is 2.14. The van der Waals surface area contributed by atoms with Crippen molar-refractivity contribution >= 4 is 29.0 Å². The van der Waals surface area contributed by atoms with E-state index in [1.54, 1.807) is 25.1 Å². The van der Waals surface area contributed by atoms with Crippen LogP contribution in [0.1, 0.15) is 22.8 Å². The second-order valence-electron chi connectivity index (χ2n) is 6.23. The molecular formula is C21H23N5O2. The highest BCUT2D eigenvalue weighted by atomic mass is 16.5. The number of nitrogens with one attached hydrogen (secondary N) is 1. The summed E-state index contributed by atoms with van der Waals surface area (Å²) in [5.74, 6) is 0.735. The third-order valence-electron chi connectivity index (χ3n) is 4.12. The molecule has 3 N–H and O–H groups in total. The minimum atomic E-state index is -0.370. The third kappa shape index (κ3) is 4.56. The number of nitrogens with two attached hydrogens (primary N) is 1. The number of anilines is 4. The summed E-state index contributed by atoms with van der Waals surface area (Å²) in [6.45, 7) is 2.77. The Morgan fingerprint density at radius 1 is 1.14 bits per heavy atom. The summed E-state index contributed by atoms with van der Waals surface area (Å²) in [5, 5.41) is 3.16. The van der Waals surface area contributed by atoms with Gasteiger partial charge in [-0.3, -0.25) is 0 Å². The van der Waals surface area contributed by atoms with Gasteiger partial charge in [0, 0.05) is 19.3 Å². The summed E-state index contributed by atoms with van der Waals surface area (Å²) in [5.41, 5.74) is 9.04. The number of hydrogen-bond donors (Lipinski definition) is 2. The Morgan fingerprint density at radius 3 is 2.68 bits per heavy atom. The molecule has 0 saturated heterocycles. The summed E-state index contributed by atoms with van der Waals surface area (Å²) in [6, 6.07) is 17.1. The molecule has 0 aliphatic rings. The Hall–Kier alpha value is -3.61. The number of benzene rings is 2. The monoisotopic (exact) mass is 377 g/mol. The lowest BCUT2D eigenvalue weighted by Crippen LogP contribution is -2.20. The molecule has 3 rings (SSSR count). The van der Waals surface area contributed by atoms with E-state index in [0.717, 1.165) is 5.56 Å². The maximum Gasteiger partial charge on any atom is 0.338 e. The summed E-state index contributed by atoms with van der Waals surface area (Å²) in [7, 11) is 1.93. The topological polar surface area (TPSA) is 93.4 Å². The lowest BCUT2D eigenvalue weighted by molar-refractivity contribution is 0.0526. The van der Waals surface area contributed by atoms with Gasteiger partial charge in [-0.05, 0) is 30.7 Å². The van der Waals surface area contributed by atoms with Gasteiger partial charge in [0.05, 0.1) is 12.2 Å². The Morgan fingerprint density at radius 2 is 1.93 bits per heavy atom. The van der Waals surface area contributed by atoms with Crippen molar-refractivity contribution in [2.75, 3.05) is 29.6 Å². The quantitative estimate of drug-likeness (QED) is 0.607. The minimum absolute atomic E-state index is 0.326. The van der Waals surface area contributed by atoms with Gasteiger partial charge in [0.1, 0.15) is 12.0 Å². The molecule has 0 aliphatic carbocycles. The summed E-state index contributed by atoms with van der Waals surface area (Å²) in [4.78, 5) is 22.5. The van der Waals surface area contributed by atoms with Gasteiger partial charge in [0.2, 0.25) is 0 Å². The smallest absolute Gasteiger partial charge is 0.338 e. The molecule has 144 valence electrons. The molecule has 0 atom stereocenters. The molecule has 0 amide bonds. The lowest BCUT2D eigenvalue weighted by atomic mass is 10.2. The van der Waals surface area contributed by atoms with Crippen molar-refractivity contribution in [2.45, 2.75) is 13.5 Å². The standard InChI is InChI=1S/C21H23N5O2/c1-3-28-21(27)16-10-7-11-17(12-16)25-19-18(22)20(24-14-23-19)26(2)13-15-8-5-4-6-9-15/h4-12,14H,3,13,22H2,1-2H3,(H,23,24,25). The predicted octanol–water partition coefficient (Wildman–Crippen LogP) is 3.62. The molecule has 2 aromatic carbocycles. The van der Waals surface area contributed by atoms with Crippen LogP contribution in [-0.4, -0.2) is 29.6 Å². The van der Waals surface area contributed by atoms with E-state index in [4.69, 9.17) is 10.5 Å². The van der Waals surface area contributed by atoms with E-state index in [1.165, 1.54) is 6.33 Å². The van der Waals surface area contributed by atoms with Gasteiger partial charge in [0.25, 0.3) is 0 Å². The molecule has 3 aromatic rings. The van der Waals surface area contributed by atoms with Crippen LogP contribution in [0, 0.1) is 0 Å². The van der Waals surface area contributed by atoms with Crippen LogP contribution < -0.4 is 16.0 Å². The van der Waals surface area contributed by atoms with Gasteiger partial charge in [-0.15, -0.1) is 0 Å². The van der Waals surface area contributed by atoms with Crippen molar-refractivity contribution in [2.24, 2.45) is 0 Å². The average molecular weight is 377 g/mol. The van der Waals surface area contributed by atoms with Crippen LogP contribution in [0.3, 0.4) is 0 Å². The molecular weight excluding hydrogens is 354 g/mol. The number of nitrogen functional groups attached to an aromatic ring is 1. The average Bonchev–Trinajstić information content (AvgIpc) is 2.70. The highest BCUT2D eigenvalue weighted by Crippen LogP contribution is 2.29. The first-order valence-electron chi connectivity index (χ1n) is 8.98. The molecule has 7 nitrogen and oxygen atoms in total. The Balaban J connectivity index is 1.80. The number of rotatable bonds is 7. The molecule has 0 bridgehead atoms. The summed E-state index contributed by atoms with van der Waals surface area (Å²) >= 11 is 0. The normalized spacial score (nSPS) is 10.4. The van der Waals surface area contributed by atoms with Crippen molar-refractivity contribution in [3.63, 3.8) is 0 Å². The Labute approximate surface area is 164 Å². The van der Waals surface area contributed by atoms with Crippen LogP contribution in [-0.2, 0) is 11.3 Å². The second kappa shape index (κ2) is 8.85. The fraction of sp³-hybridized carbons (Fsp3) is 0.190. The van der Waals surface area contributed by atoms with E-state index in [1.807, 2.05) is 48.3 Å². The van der Waals surface area contributed by atoms with Gasteiger partial charge in [-0.2, -0.15) is 0 Å². The van der Waals surface area contributed by atoms with Gasteiger partial charge in [-0.1, -0.05) is 36.4 Å². The van der Waals surface area contributed by atoms with Crippen LogP contribution in [0.15, 0.2) is 60.9 Å². The first-order valence-corrected chi connectivity index (χ1v) is 8.98. The molecule has 0 radical (unpaired) electrons. The number of nitrogens with zero attached hydrogens (tertiary/aromatic N) is 3. The number of aromatic nitrogens is 2. The van der Waals surface area contributed by atoms with E-state index in [0.29, 0.717) is 41.7 Å². The van der Waals surface area contributed by atoms with Gasteiger partial charge in [0.15, 0.2) is 11.6 Å². The lowest BCUT2D eigenvalue weighted by Gasteiger charge is -2.21. The fourth-order valence-corrected chi connectivity index (χ4v) is 2.80. The predicted molar refractivity (Wildman–Crippen MR) is 111 cm³/mol. The van der Waals surface area contributed by atoms with Crippen LogP contribution >= 0.6 is 0 Å². The van der Waals surface area contributed by atoms with Gasteiger partial charge >= 0.3 is 5.97 Å². The SMILES string of the molecule is CCOC(=O)c1cccc(Nc2ncnc(N(C)Cc3ccccc3)c2N)c1. The first-order chi connectivity index (χ1) is 13.6. The van der Waals surface area contributed by atoms with Crippen LogP contribution in [0.4, 0.5) is 23.0 Å². The Bertz CT molecular complexity index is 947. The molecule has 1 aromatic heterocycles. The molecule has 7 heteroatoms. The van der Waals surface area contributed by atoms with Gasteiger partial charge in [-0.25, -0.2) is 14.8 Å². The van der Waals surface area contributed by atoms with E-state index >= 15 is 0 Å². The fourth-order valence-electron chi connectivity index (χ4n) is 2.80. The van der Waals surface area contributed by atoms with Crippen molar-refractivity contribution in [3.05, 3.63) is 72.1 Å². The summed E-state index contributed by atoms with van der Waals surface area (Å²) < 4.78 is 5.04. The van der Waals surface area contributed by atoms with Crippen molar-refractivity contribution in [3.8, 4) is 0 Å². The number of ether oxygens (including phenoxy) is 1. The zero-order chi connectivity index (χ0) is 19.9. The molecule has 0 spiro atoms. The summed E-state index contributed by atoms with van der Waals surface area (Å²) in [6.07, 6.45) is 1.46. The van der Waals surface area contributed by atoms with E-state index in [9.17, 15) is 4.79 Å². The number of esters is 1. The van der Waals surface area contributed by atoms with E-state index < -0.39 is 0 Å². The maximum absolute atomic E-state index is 11.9. The van der Waals surface area contributed by atoms with Crippen molar-refractivity contribution in [1.82, 2.24) is 9.97 Å². The minimum Gasteiger partial charge on any atom is -0.462 e. The third-order valence-corrected chi connectivity index (χ3v) is 4.12. The maximum atomic E-state index is 11.9. The molecule has 0 saturated carbocycles. The Kier molecular flexibility index (Phi) is 6.06. The molecule has 0 fully saturated rings. The van der Waals surface area contributed by atoms with Crippen LogP contribution in [0.25, 0.3) is 0 Å². The van der Waals surface area contributed by atoms with Crippen molar-refractivity contribution < 1.29 is 9.53 Å². The largest absolute Gasteiger partial charge is 0.462 e. The molecule has 0 unspecified atom stereocenters. The highest BCUT2D eigenvalue weighted by molar-refractivity contribution is 5.91. The van der Waals surface area contributed by atoms with Gasteiger partial charge < -0.3 is 20.7 Å². The number of carbonyl (C=O) groups is 1. The van der Waals surface area contributed by atoms with Crippen molar-refractivity contribution in [1.29, 1.82) is 0 Å². The van der Waals surface area contributed by atoms with E-state index in [-0.39, 0.29) is 5.97 Å². The molecule has 28 heavy (non-hydrogen) atoms. The van der Waals surface area contributed by atoms with Crippen LogP contribution in [0.5, 0.6) is 0 Å². The molecule has 1 heterocycles. The molecule has 0 aliphatic heterocycles. The number of carbonyl (C=O) groups excluding carboxylic acids is 1. The zero-order valence-corrected chi connectivity index (χ0v) is 15.9. The zero-order valence-electron chi connectivity index (χ0n) is 15.9. The second-order valence-corrected chi connectivity index (χ2v) is 6.23. The first kappa shape index (κ1) is 19.2.